The van der Waals surface area contributed by atoms with Crippen molar-refractivity contribution in [1.82, 2.24) is 20.1 Å². The number of aromatic nitrogens is 3. The van der Waals surface area contributed by atoms with E-state index in [-0.39, 0.29) is 11.7 Å². The number of hydrogen-bond acceptors (Lipinski definition) is 3. The molecule has 0 aliphatic rings. The smallest absolute Gasteiger partial charge is 0.291 e. The van der Waals surface area contributed by atoms with Crippen LogP contribution in [0.15, 0.2) is 77.3 Å². The van der Waals surface area contributed by atoms with Crippen LogP contribution in [0.3, 0.4) is 0 Å². The van der Waals surface area contributed by atoms with E-state index in [4.69, 9.17) is 11.6 Å². The molecule has 4 aromatic rings. The number of rotatable bonds is 5. The van der Waals surface area contributed by atoms with E-state index in [1.54, 1.807) is 4.68 Å². The number of hydrogen-bond donors (Lipinski definition) is 1. The van der Waals surface area contributed by atoms with Crippen LogP contribution in [0.25, 0.3) is 17.1 Å². The third-order valence-electron chi connectivity index (χ3n) is 4.61. The molecule has 0 bridgehead atoms. The van der Waals surface area contributed by atoms with Crippen molar-refractivity contribution in [2.24, 2.45) is 0 Å². The topological polar surface area (TPSA) is 59.8 Å². The average molecular weight is 482 g/mol. The third-order valence-corrected chi connectivity index (χ3v) is 5.37. The molecule has 0 spiro atoms. The molecule has 1 aromatic heterocycles. The van der Waals surface area contributed by atoms with Gasteiger partial charge in [-0.3, -0.25) is 4.79 Å². The summed E-state index contributed by atoms with van der Waals surface area (Å²) in [4.78, 5) is 17.3. The van der Waals surface area contributed by atoms with Gasteiger partial charge in [-0.15, -0.1) is 5.10 Å². The molecule has 1 N–H and O–H groups in total. The van der Waals surface area contributed by atoms with Crippen LogP contribution in [0.2, 0.25) is 5.02 Å². The lowest BCUT2D eigenvalue weighted by Gasteiger charge is -2.09. The second-order valence-corrected chi connectivity index (χ2v) is 8.13. The Morgan fingerprint density at radius 2 is 1.80 bits per heavy atom. The number of halogens is 2. The molecule has 0 aliphatic carbocycles. The monoisotopic (exact) mass is 480 g/mol. The highest BCUT2D eigenvalue weighted by atomic mass is 79.9. The van der Waals surface area contributed by atoms with Crippen molar-refractivity contribution in [2.45, 2.75) is 13.5 Å². The SMILES string of the molecule is Cc1ccc(Cl)cc1-n1nc(C(=O)NCc2ccccc2)nc1-c1ccc(Br)cc1. The molecule has 30 heavy (non-hydrogen) atoms. The highest BCUT2D eigenvalue weighted by Crippen LogP contribution is 2.26. The fourth-order valence-electron chi connectivity index (χ4n) is 3.03. The first-order valence-corrected chi connectivity index (χ1v) is 10.5. The van der Waals surface area contributed by atoms with Gasteiger partial charge in [0.25, 0.3) is 5.91 Å². The number of aryl methyl sites for hydroxylation is 1. The molecular formula is C23H18BrClN4O. The summed E-state index contributed by atoms with van der Waals surface area (Å²) in [6, 6.07) is 23.0. The maximum absolute atomic E-state index is 12.8. The van der Waals surface area contributed by atoms with Gasteiger partial charge in [0, 0.05) is 21.6 Å². The van der Waals surface area contributed by atoms with E-state index in [1.807, 2.05) is 79.7 Å². The van der Waals surface area contributed by atoms with Crippen LogP contribution in [-0.2, 0) is 6.54 Å². The minimum Gasteiger partial charge on any atom is -0.345 e. The molecule has 1 heterocycles. The molecule has 1 amide bonds. The van der Waals surface area contributed by atoms with Crippen LogP contribution in [0.1, 0.15) is 21.7 Å². The van der Waals surface area contributed by atoms with Crippen LogP contribution in [-0.4, -0.2) is 20.7 Å². The first-order valence-electron chi connectivity index (χ1n) is 9.33. The normalized spacial score (nSPS) is 10.8. The first-order chi connectivity index (χ1) is 14.5. The lowest BCUT2D eigenvalue weighted by atomic mass is 10.2. The van der Waals surface area contributed by atoms with Crippen molar-refractivity contribution in [2.75, 3.05) is 0 Å². The van der Waals surface area contributed by atoms with Crippen LogP contribution in [0.4, 0.5) is 0 Å². The van der Waals surface area contributed by atoms with Gasteiger partial charge in [0.05, 0.1) is 5.69 Å². The van der Waals surface area contributed by atoms with Gasteiger partial charge in [0.1, 0.15) is 0 Å². The molecule has 0 saturated heterocycles. The summed E-state index contributed by atoms with van der Waals surface area (Å²) in [6.45, 7) is 2.37. The molecule has 0 radical (unpaired) electrons. The van der Waals surface area contributed by atoms with Gasteiger partial charge in [-0.1, -0.05) is 76.1 Å². The van der Waals surface area contributed by atoms with Gasteiger partial charge in [-0.05, 0) is 42.3 Å². The lowest BCUT2D eigenvalue weighted by Crippen LogP contribution is -2.24. The van der Waals surface area contributed by atoms with Gasteiger partial charge < -0.3 is 5.32 Å². The molecular weight excluding hydrogens is 464 g/mol. The Labute approximate surface area is 187 Å². The van der Waals surface area contributed by atoms with Crippen molar-refractivity contribution < 1.29 is 4.79 Å². The number of carbonyl (C=O) groups is 1. The second-order valence-electron chi connectivity index (χ2n) is 6.78. The van der Waals surface area contributed by atoms with Crippen LogP contribution in [0, 0.1) is 6.92 Å². The molecule has 7 heteroatoms. The highest BCUT2D eigenvalue weighted by Gasteiger charge is 2.20. The van der Waals surface area contributed by atoms with Crippen molar-refractivity contribution in [3.05, 3.63) is 99.2 Å². The summed E-state index contributed by atoms with van der Waals surface area (Å²) in [6.07, 6.45) is 0. The van der Waals surface area contributed by atoms with Gasteiger partial charge in [0.15, 0.2) is 5.82 Å². The molecule has 0 atom stereocenters. The van der Waals surface area contributed by atoms with E-state index in [0.717, 1.165) is 26.9 Å². The minimum absolute atomic E-state index is 0.100. The zero-order valence-corrected chi connectivity index (χ0v) is 18.5. The zero-order valence-electron chi connectivity index (χ0n) is 16.1. The molecule has 5 nitrogen and oxygen atoms in total. The number of nitrogens with one attached hydrogen (secondary N) is 1. The van der Waals surface area contributed by atoms with E-state index >= 15 is 0 Å². The second kappa shape index (κ2) is 8.81. The molecule has 4 rings (SSSR count). The van der Waals surface area contributed by atoms with Gasteiger partial charge in [-0.25, -0.2) is 9.67 Å². The number of nitrogens with zero attached hydrogens (tertiary/aromatic N) is 3. The van der Waals surface area contributed by atoms with Crippen LogP contribution >= 0.6 is 27.5 Å². The Kier molecular flexibility index (Phi) is 5.97. The van der Waals surface area contributed by atoms with Crippen LogP contribution < -0.4 is 5.32 Å². The molecule has 0 aliphatic heterocycles. The van der Waals surface area contributed by atoms with E-state index in [1.165, 1.54) is 0 Å². The summed E-state index contributed by atoms with van der Waals surface area (Å²) >= 11 is 9.68. The number of amides is 1. The summed E-state index contributed by atoms with van der Waals surface area (Å²) < 4.78 is 2.62. The van der Waals surface area contributed by atoms with E-state index in [9.17, 15) is 4.79 Å². The third kappa shape index (κ3) is 4.45. The zero-order chi connectivity index (χ0) is 21.1. The van der Waals surface area contributed by atoms with Crippen molar-refractivity contribution in [3.8, 4) is 17.1 Å². The number of carbonyl (C=O) groups excluding carboxylic acids is 1. The van der Waals surface area contributed by atoms with Crippen molar-refractivity contribution in [1.29, 1.82) is 0 Å². The summed E-state index contributed by atoms with van der Waals surface area (Å²) in [7, 11) is 0. The molecule has 3 aromatic carbocycles. The molecule has 0 unspecified atom stereocenters. The molecule has 0 saturated carbocycles. The lowest BCUT2D eigenvalue weighted by molar-refractivity contribution is 0.0940. The Hall–Kier alpha value is -2.96. The van der Waals surface area contributed by atoms with E-state index in [2.05, 4.69) is 31.3 Å². The summed E-state index contributed by atoms with van der Waals surface area (Å²) in [5.41, 5.74) is 3.59. The first kappa shape index (κ1) is 20.3. The quantitative estimate of drug-likeness (QED) is 0.404. The maximum atomic E-state index is 12.8. The van der Waals surface area contributed by atoms with Crippen molar-refractivity contribution in [3.63, 3.8) is 0 Å². The molecule has 0 fully saturated rings. The molecule has 150 valence electrons. The Bertz CT molecular complexity index is 1190. The average Bonchev–Trinajstić information content (AvgIpc) is 3.20. The number of benzene rings is 3. The van der Waals surface area contributed by atoms with Crippen molar-refractivity contribution >= 4 is 33.4 Å². The fourth-order valence-corrected chi connectivity index (χ4v) is 3.46. The standard InChI is InChI=1S/C23H18BrClN4O/c1-15-7-12-19(25)13-20(15)29-22(17-8-10-18(24)11-9-17)27-21(28-29)23(30)26-14-16-5-3-2-4-6-16/h2-13H,14H2,1H3,(H,26,30). The minimum atomic E-state index is -0.337. The predicted octanol–water partition coefficient (Wildman–Crippen LogP) is 5.59. The Morgan fingerprint density at radius 3 is 2.53 bits per heavy atom. The van der Waals surface area contributed by atoms with Gasteiger partial charge in [0.2, 0.25) is 5.82 Å². The Balaban J connectivity index is 1.73. The van der Waals surface area contributed by atoms with E-state index < -0.39 is 0 Å². The predicted molar refractivity (Wildman–Crippen MR) is 122 cm³/mol. The van der Waals surface area contributed by atoms with Gasteiger partial charge in [-0.2, -0.15) is 0 Å². The summed E-state index contributed by atoms with van der Waals surface area (Å²) in [5.74, 6) is 0.330. The van der Waals surface area contributed by atoms with Gasteiger partial charge >= 0.3 is 0 Å². The van der Waals surface area contributed by atoms with E-state index in [0.29, 0.717) is 17.4 Å². The highest BCUT2D eigenvalue weighted by molar-refractivity contribution is 9.10. The largest absolute Gasteiger partial charge is 0.345 e. The Morgan fingerprint density at radius 1 is 1.07 bits per heavy atom. The summed E-state index contributed by atoms with van der Waals surface area (Å²) in [5, 5.41) is 7.99. The maximum Gasteiger partial charge on any atom is 0.291 e. The fraction of sp³-hybridized carbons (Fsp3) is 0.0870. The van der Waals surface area contributed by atoms with Crippen LogP contribution in [0.5, 0.6) is 0 Å².